The fourth-order valence-corrected chi connectivity index (χ4v) is 2.55. The van der Waals surface area contributed by atoms with Gasteiger partial charge in [-0.25, -0.2) is 5.43 Å². The van der Waals surface area contributed by atoms with Crippen molar-refractivity contribution in [1.82, 2.24) is 5.43 Å². The van der Waals surface area contributed by atoms with E-state index in [1.165, 1.54) is 12.1 Å². The summed E-state index contributed by atoms with van der Waals surface area (Å²) in [6.07, 6.45) is 9.08. The zero-order valence-electron chi connectivity index (χ0n) is 11.7. The highest BCUT2D eigenvalue weighted by Gasteiger charge is 2.10. The van der Waals surface area contributed by atoms with Crippen LogP contribution in [0.3, 0.4) is 0 Å². The van der Waals surface area contributed by atoms with Crippen LogP contribution in [0.25, 0.3) is 0 Å². The lowest BCUT2D eigenvalue weighted by atomic mass is 9.96. The van der Waals surface area contributed by atoms with E-state index in [1.807, 2.05) is 0 Å². The van der Waals surface area contributed by atoms with Gasteiger partial charge >= 0.3 is 0 Å². The van der Waals surface area contributed by atoms with Gasteiger partial charge in [0.2, 0.25) is 0 Å². The minimum atomic E-state index is -0.371. The number of nitrogens with one attached hydrogen (secondary N) is 1. The molecule has 0 aliphatic heterocycles. The molecule has 0 radical (unpaired) electrons. The Morgan fingerprint density at radius 2 is 2.05 bits per heavy atom. The number of halogens is 3. The normalized spacial score (nSPS) is 17.7. The van der Waals surface area contributed by atoms with Gasteiger partial charge in [-0.1, -0.05) is 47.0 Å². The van der Waals surface area contributed by atoms with Gasteiger partial charge < -0.3 is 4.74 Å². The molecule has 0 heterocycles. The first-order valence-electron chi connectivity index (χ1n) is 6.80. The third kappa shape index (κ3) is 5.20. The maximum Gasteiger partial charge on any atom is 0.277 e. The molecule has 118 valence electrons. The number of hydrogen-bond donors (Lipinski definition) is 1. The lowest BCUT2D eigenvalue weighted by Gasteiger charge is -2.12. The van der Waals surface area contributed by atoms with Crippen molar-refractivity contribution in [2.24, 2.45) is 11.0 Å². The van der Waals surface area contributed by atoms with Gasteiger partial charge in [0, 0.05) is 12.3 Å². The zero-order valence-corrected chi connectivity index (χ0v) is 14.0. The van der Waals surface area contributed by atoms with E-state index < -0.39 is 0 Å². The maximum atomic E-state index is 11.7. The van der Waals surface area contributed by atoms with Crippen molar-refractivity contribution < 1.29 is 9.53 Å². The van der Waals surface area contributed by atoms with Gasteiger partial charge in [0.05, 0.1) is 15.1 Å². The fraction of sp³-hybridized carbons (Fsp3) is 0.333. The fourth-order valence-electron chi connectivity index (χ4n) is 1.96. The van der Waals surface area contributed by atoms with E-state index >= 15 is 0 Å². The third-order valence-corrected chi connectivity index (χ3v) is 4.14. The number of carbonyl (C=O) groups excluding carboxylic acids is 1. The van der Waals surface area contributed by atoms with Gasteiger partial charge in [-0.3, -0.25) is 4.79 Å². The van der Waals surface area contributed by atoms with Crippen LogP contribution in [0.2, 0.25) is 15.1 Å². The molecule has 1 aliphatic carbocycles. The molecule has 2 rings (SSSR count). The van der Waals surface area contributed by atoms with Crippen LogP contribution in [0.4, 0.5) is 0 Å². The first-order valence-corrected chi connectivity index (χ1v) is 7.94. The lowest BCUT2D eigenvalue weighted by Crippen LogP contribution is -2.25. The van der Waals surface area contributed by atoms with Crippen LogP contribution in [0, 0.1) is 5.92 Å². The number of nitrogens with zero attached hydrogens (tertiary/aromatic N) is 1. The first kappa shape index (κ1) is 17.1. The van der Waals surface area contributed by atoms with E-state index in [-0.39, 0.29) is 12.5 Å². The minimum absolute atomic E-state index is 0.209. The monoisotopic (exact) mass is 360 g/mol. The molecule has 22 heavy (non-hydrogen) atoms. The van der Waals surface area contributed by atoms with Crippen molar-refractivity contribution in [2.45, 2.75) is 19.3 Å². The maximum absolute atomic E-state index is 11.7. The van der Waals surface area contributed by atoms with Gasteiger partial charge in [-0.15, -0.1) is 0 Å². The standard InChI is InChI=1S/C15H15Cl3N2O2/c16-11-6-13(18)14(7-12(11)17)22-9-15(21)20-19-8-10-4-2-1-3-5-10/h1-2,6-8,10H,3-5,9H2,(H,20,21). The highest BCUT2D eigenvalue weighted by Crippen LogP contribution is 2.33. The summed E-state index contributed by atoms with van der Waals surface area (Å²) < 4.78 is 5.30. The van der Waals surface area contributed by atoms with Crippen LogP contribution >= 0.6 is 34.8 Å². The number of hydrazone groups is 1. The molecule has 0 saturated heterocycles. The second kappa shape index (κ2) is 8.42. The molecule has 1 aliphatic rings. The Balaban J connectivity index is 1.79. The first-order chi connectivity index (χ1) is 10.6. The topological polar surface area (TPSA) is 50.7 Å². The Labute approximate surface area is 144 Å². The number of rotatable bonds is 5. The molecule has 0 saturated carbocycles. The van der Waals surface area contributed by atoms with E-state index in [2.05, 4.69) is 22.7 Å². The summed E-state index contributed by atoms with van der Waals surface area (Å²) >= 11 is 17.6. The van der Waals surface area contributed by atoms with Gasteiger partial charge in [0.15, 0.2) is 6.61 Å². The Hall–Kier alpha value is -1.23. The summed E-state index contributed by atoms with van der Waals surface area (Å²) in [6, 6.07) is 2.94. The molecule has 1 amide bonds. The highest BCUT2D eigenvalue weighted by atomic mass is 35.5. The Morgan fingerprint density at radius 1 is 1.27 bits per heavy atom. The molecule has 1 N–H and O–H groups in total. The molecule has 7 heteroatoms. The number of allylic oxidation sites excluding steroid dienone is 2. The molecule has 0 aromatic heterocycles. The Bertz CT molecular complexity index is 603. The van der Waals surface area contributed by atoms with E-state index in [0.29, 0.717) is 26.7 Å². The summed E-state index contributed by atoms with van der Waals surface area (Å²) in [5, 5.41) is 4.87. The lowest BCUT2D eigenvalue weighted by molar-refractivity contribution is -0.123. The predicted octanol–water partition coefficient (Wildman–Crippen LogP) is 4.48. The number of amides is 1. The summed E-state index contributed by atoms with van der Waals surface area (Å²) in [5.74, 6) is 0.299. The second-order valence-corrected chi connectivity index (χ2v) is 6.06. The number of benzene rings is 1. The van der Waals surface area contributed by atoms with E-state index in [4.69, 9.17) is 39.5 Å². The van der Waals surface area contributed by atoms with Crippen molar-refractivity contribution in [1.29, 1.82) is 0 Å². The Kier molecular flexibility index (Phi) is 6.55. The molecule has 0 bridgehead atoms. The second-order valence-electron chi connectivity index (χ2n) is 4.84. The number of carbonyl (C=O) groups is 1. The van der Waals surface area contributed by atoms with Crippen LogP contribution < -0.4 is 10.2 Å². The number of ether oxygens (including phenoxy) is 1. The Morgan fingerprint density at radius 3 is 2.77 bits per heavy atom. The van der Waals surface area contributed by atoms with Gasteiger partial charge in [0.1, 0.15) is 5.75 Å². The van der Waals surface area contributed by atoms with Crippen molar-refractivity contribution in [3.05, 3.63) is 39.4 Å². The van der Waals surface area contributed by atoms with Crippen LogP contribution in [0.15, 0.2) is 29.4 Å². The molecule has 1 aromatic rings. The van der Waals surface area contributed by atoms with E-state index in [9.17, 15) is 4.79 Å². The highest BCUT2D eigenvalue weighted by molar-refractivity contribution is 6.43. The molecule has 1 aromatic carbocycles. The van der Waals surface area contributed by atoms with Crippen LogP contribution in [0.5, 0.6) is 5.75 Å². The average Bonchev–Trinajstić information content (AvgIpc) is 2.50. The minimum Gasteiger partial charge on any atom is -0.482 e. The van der Waals surface area contributed by atoms with Crippen molar-refractivity contribution in [2.75, 3.05) is 6.61 Å². The van der Waals surface area contributed by atoms with Crippen molar-refractivity contribution in [3.63, 3.8) is 0 Å². The molecule has 0 spiro atoms. The zero-order chi connectivity index (χ0) is 15.9. The third-order valence-electron chi connectivity index (χ3n) is 3.12. The van der Waals surface area contributed by atoms with Crippen LogP contribution in [-0.4, -0.2) is 18.7 Å². The van der Waals surface area contributed by atoms with Crippen molar-refractivity contribution >= 4 is 46.9 Å². The molecule has 4 nitrogen and oxygen atoms in total. The molecule has 1 unspecified atom stereocenters. The SMILES string of the molecule is O=C(COc1cc(Cl)c(Cl)cc1Cl)NN=CC1CC=CCC1. The summed E-state index contributed by atoms with van der Waals surface area (Å²) in [5.41, 5.74) is 2.42. The van der Waals surface area contributed by atoms with Gasteiger partial charge in [-0.2, -0.15) is 5.10 Å². The van der Waals surface area contributed by atoms with E-state index in [1.54, 1.807) is 6.21 Å². The van der Waals surface area contributed by atoms with E-state index in [0.717, 1.165) is 19.3 Å². The van der Waals surface area contributed by atoms with Crippen LogP contribution in [-0.2, 0) is 4.79 Å². The van der Waals surface area contributed by atoms with Gasteiger partial charge in [0.25, 0.3) is 5.91 Å². The quantitative estimate of drug-likeness (QED) is 0.364. The predicted molar refractivity (Wildman–Crippen MR) is 90.1 cm³/mol. The summed E-state index contributed by atoms with van der Waals surface area (Å²) in [6.45, 7) is -0.209. The molecular formula is C15H15Cl3N2O2. The van der Waals surface area contributed by atoms with Crippen molar-refractivity contribution in [3.8, 4) is 5.75 Å². The molecule has 1 atom stereocenters. The molecule has 0 fully saturated rings. The summed E-state index contributed by atoms with van der Waals surface area (Å²) in [7, 11) is 0. The number of hydrogen-bond acceptors (Lipinski definition) is 3. The largest absolute Gasteiger partial charge is 0.482 e. The van der Waals surface area contributed by atoms with Gasteiger partial charge in [-0.05, 0) is 31.2 Å². The summed E-state index contributed by atoms with van der Waals surface area (Å²) in [4.78, 5) is 11.7. The molecular weight excluding hydrogens is 347 g/mol. The average molecular weight is 362 g/mol. The smallest absolute Gasteiger partial charge is 0.277 e. The van der Waals surface area contributed by atoms with Crippen LogP contribution in [0.1, 0.15) is 19.3 Å².